The fourth-order valence-electron chi connectivity index (χ4n) is 3.76. The van der Waals surface area contributed by atoms with Gasteiger partial charge in [0.2, 0.25) is 0 Å². The van der Waals surface area contributed by atoms with Crippen LogP contribution in [-0.2, 0) is 9.53 Å². The molecule has 1 fully saturated rings. The Morgan fingerprint density at radius 2 is 1.21 bits per heavy atom. The Bertz CT molecular complexity index is 333. The van der Waals surface area contributed by atoms with Crippen LogP contribution in [0.15, 0.2) is 0 Å². The van der Waals surface area contributed by atoms with Gasteiger partial charge in [-0.3, -0.25) is 4.79 Å². The molecule has 4 N–H and O–H groups in total. The van der Waals surface area contributed by atoms with Crippen molar-refractivity contribution in [3.63, 3.8) is 0 Å². The first-order valence-corrected chi connectivity index (χ1v) is 11.7. The lowest BCUT2D eigenvalue weighted by Gasteiger charge is -2.17. The quantitative estimate of drug-likeness (QED) is 0.548. The van der Waals surface area contributed by atoms with E-state index in [2.05, 4.69) is 21.3 Å². The molecule has 0 bridgehead atoms. The van der Waals surface area contributed by atoms with Crippen LogP contribution in [0, 0.1) is 5.92 Å². The van der Waals surface area contributed by atoms with Crippen molar-refractivity contribution < 1.29 is 9.53 Å². The molecule has 1 saturated heterocycles. The van der Waals surface area contributed by atoms with E-state index in [0.29, 0.717) is 12.3 Å². The van der Waals surface area contributed by atoms with Gasteiger partial charge in [0.25, 0.3) is 0 Å². The molecule has 28 heavy (non-hydrogen) atoms. The number of hydrogen-bond donors (Lipinski definition) is 4. The zero-order valence-electron chi connectivity index (χ0n) is 18.3. The predicted molar refractivity (Wildman–Crippen MR) is 117 cm³/mol. The van der Waals surface area contributed by atoms with Crippen LogP contribution in [0.2, 0.25) is 0 Å². The minimum Gasteiger partial charge on any atom is -0.469 e. The number of rotatable bonds is 3. The molecule has 0 aliphatic carbocycles. The molecule has 0 spiro atoms. The third-order valence-corrected chi connectivity index (χ3v) is 5.64. The average molecular weight is 399 g/mol. The van der Waals surface area contributed by atoms with Crippen molar-refractivity contribution in [1.82, 2.24) is 21.3 Å². The average Bonchev–Trinajstić information content (AvgIpc) is 2.71. The molecule has 166 valence electrons. The maximum atomic E-state index is 11.5. The highest BCUT2D eigenvalue weighted by Gasteiger charge is 2.11. The summed E-state index contributed by atoms with van der Waals surface area (Å²) in [5, 5.41) is 14.0. The summed E-state index contributed by atoms with van der Waals surface area (Å²) in [6, 6.07) is 0. The van der Waals surface area contributed by atoms with Gasteiger partial charge in [-0.15, -0.1) is 0 Å². The first-order chi connectivity index (χ1) is 13.8. The van der Waals surface area contributed by atoms with Crippen LogP contribution in [-0.4, -0.2) is 52.6 Å². The zero-order chi connectivity index (χ0) is 20.1. The lowest BCUT2D eigenvalue weighted by Crippen LogP contribution is -2.31. The molecule has 6 heteroatoms. The van der Waals surface area contributed by atoms with Gasteiger partial charge in [0, 0.05) is 19.8 Å². The number of hydrogen-bond acceptors (Lipinski definition) is 6. The second-order valence-corrected chi connectivity index (χ2v) is 8.09. The molecular formula is C22H46N4O2. The van der Waals surface area contributed by atoms with E-state index in [1.165, 1.54) is 71.3 Å². The van der Waals surface area contributed by atoms with Crippen LogP contribution in [0.25, 0.3) is 0 Å². The number of carbonyl (C=O) groups is 1. The fourth-order valence-corrected chi connectivity index (χ4v) is 3.76. The minimum absolute atomic E-state index is 0.0792. The van der Waals surface area contributed by atoms with E-state index in [-0.39, 0.29) is 5.97 Å². The molecule has 0 saturated carbocycles. The number of esters is 1. The summed E-state index contributed by atoms with van der Waals surface area (Å²) >= 11 is 0. The Kier molecular flexibility index (Phi) is 17.8. The Labute approximate surface area is 173 Å². The summed E-state index contributed by atoms with van der Waals surface area (Å²) < 4.78 is 4.81. The summed E-state index contributed by atoms with van der Waals surface area (Å²) in [6.07, 6.45) is 15.5. The molecular weight excluding hydrogens is 352 g/mol. The van der Waals surface area contributed by atoms with Crippen molar-refractivity contribution in [2.24, 2.45) is 5.92 Å². The summed E-state index contributed by atoms with van der Waals surface area (Å²) in [5.74, 6) is 0.531. The lowest BCUT2D eigenvalue weighted by atomic mass is 9.93. The predicted octanol–water partition coefficient (Wildman–Crippen LogP) is 3.13. The van der Waals surface area contributed by atoms with Crippen molar-refractivity contribution in [2.45, 2.75) is 83.5 Å². The van der Waals surface area contributed by atoms with E-state index in [0.717, 1.165) is 52.4 Å². The maximum absolute atomic E-state index is 11.5. The van der Waals surface area contributed by atoms with Gasteiger partial charge in [0.05, 0.1) is 7.11 Å². The fraction of sp³-hybridized carbons (Fsp3) is 0.955. The number of nitrogens with one attached hydrogen (secondary N) is 4. The number of ether oxygens (including phenoxy) is 1. The molecule has 0 aromatic carbocycles. The standard InChI is InChI=1S/C22H46N4O2/c1-28-22(27)13-12-21-11-7-6-10-17-24-19-23-15-8-4-2-3-5-9-16-25-20-26-18-14-21/h21,23-26H,2-20H2,1H3. The molecule has 1 atom stereocenters. The molecule has 1 heterocycles. The van der Waals surface area contributed by atoms with E-state index < -0.39 is 0 Å². The zero-order valence-corrected chi connectivity index (χ0v) is 18.3. The normalized spacial score (nSPS) is 23.8. The van der Waals surface area contributed by atoms with E-state index in [9.17, 15) is 4.79 Å². The van der Waals surface area contributed by atoms with Crippen molar-refractivity contribution in [2.75, 3.05) is 46.6 Å². The molecule has 1 aliphatic rings. The molecule has 6 nitrogen and oxygen atoms in total. The monoisotopic (exact) mass is 398 g/mol. The van der Waals surface area contributed by atoms with Crippen LogP contribution in [0.5, 0.6) is 0 Å². The van der Waals surface area contributed by atoms with Crippen LogP contribution in [0.1, 0.15) is 83.5 Å². The molecule has 0 amide bonds. The lowest BCUT2D eigenvalue weighted by molar-refractivity contribution is -0.141. The van der Waals surface area contributed by atoms with Crippen molar-refractivity contribution in [3.05, 3.63) is 0 Å². The first kappa shape index (κ1) is 25.3. The number of carbonyl (C=O) groups excluding carboxylic acids is 1. The van der Waals surface area contributed by atoms with Crippen LogP contribution < -0.4 is 21.3 Å². The Morgan fingerprint density at radius 3 is 1.79 bits per heavy atom. The summed E-state index contributed by atoms with van der Waals surface area (Å²) in [6.45, 7) is 6.16. The SMILES string of the molecule is COC(=O)CCC1CCCCCNCNCCCCCCCCNCNCC1. The van der Waals surface area contributed by atoms with Gasteiger partial charge < -0.3 is 26.0 Å². The van der Waals surface area contributed by atoms with Gasteiger partial charge in [0.15, 0.2) is 0 Å². The van der Waals surface area contributed by atoms with Crippen molar-refractivity contribution >= 4 is 5.97 Å². The molecule has 0 aromatic heterocycles. The molecule has 1 aliphatic heterocycles. The van der Waals surface area contributed by atoms with Crippen molar-refractivity contribution in [1.29, 1.82) is 0 Å². The largest absolute Gasteiger partial charge is 0.469 e. The number of methoxy groups -OCH3 is 1. The van der Waals surface area contributed by atoms with E-state index in [1.807, 2.05) is 0 Å². The summed E-state index contributed by atoms with van der Waals surface area (Å²) in [7, 11) is 1.48. The summed E-state index contributed by atoms with van der Waals surface area (Å²) in [5.41, 5.74) is 0. The molecule has 1 rings (SSSR count). The van der Waals surface area contributed by atoms with Gasteiger partial charge in [0.1, 0.15) is 0 Å². The van der Waals surface area contributed by atoms with Crippen LogP contribution in [0.4, 0.5) is 0 Å². The van der Waals surface area contributed by atoms with E-state index in [4.69, 9.17) is 4.74 Å². The highest BCUT2D eigenvalue weighted by atomic mass is 16.5. The van der Waals surface area contributed by atoms with E-state index in [1.54, 1.807) is 0 Å². The Balaban J connectivity index is 2.26. The van der Waals surface area contributed by atoms with E-state index >= 15 is 0 Å². The second-order valence-electron chi connectivity index (χ2n) is 8.09. The highest BCUT2D eigenvalue weighted by molar-refractivity contribution is 5.69. The van der Waals surface area contributed by atoms with Gasteiger partial charge in [-0.2, -0.15) is 0 Å². The Morgan fingerprint density at radius 1 is 0.714 bits per heavy atom. The molecule has 1 unspecified atom stereocenters. The smallest absolute Gasteiger partial charge is 0.305 e. The molecule has 0 radical (unpaired) electrons. The van der Waals surface area contributed by atoms with Gasteiger partial charge in [-0.05, 0) is 64.2 Å². The maximum Gasteiger partial charge on any atom is 0.305 e. The molecule has 0 aromatic rings. The Hall–Kier alpha value is -0.690. The third kappa shape index (κ3) is 16.3. The van der Waals surface area contributed by atoms with Crippen LogP contribution in [0.3, 0.4) is 0 Å². The summed E-state index contributed by atoms with van der Waals surface area (Å²) in [4.78, 5) is 11.5. The topological polar surface area (TPSA) is 74.4 Å². The van der Waals surface area contributed by atoms with Crippen molar-refractivity contribution in [3.8, 4) is 0 Å². The minimum atomic E-state index is -0.0792. The first-order valence-electron chi connectivity index (χ1n) is 11.7. The van der Waals surface area contributed by atoms with Gasteiger partial charge >= 0.3 is 5.97 Å². The van der Waals surface area contributed by atoms with Gasteiger partial charge in [-0.25, -0.2) is 0 Å². The van der Waals surface area contributed by atoms with Crippen LogP contribution >= 0.6 is 0 Å². The third-order valence-electron chi connectivity index (χ3n) is 5.64. The highest BCUT2D eigenvalue weighted by Crippen LogP contribution is 2.19. The second kappa shape index (κ2) is 19.6. The van der Waals surface area contributed by atoms with Gasteiger partial charge in [-0.1, -0.05) is 44.9 Å².